The Balaban J connectivity index is 0.000000153. The van der Waals surface area contributed by atoms with Crippen LogP contribution in [0.2, 0.25) is 0 Å². The van der Waals surface area contributed by atoms with E-state index in [0.717, 1.165) is 45.2 Å². The van der Waals surface area contributed by atoms with Gasteiger partial charge in [-0.15, -0.1) is 51.2 Å². The molecule has 14 aromatic rings. The molecule has 76 heavy (non-hydrogen) atoms. The van der Waals surface area contributed by atoms with Gasteiger partial charge in [0, 0.05) is 44.0 Å². The maximum Gasteiger partial charge on any atom is 2.00 e. The van der Waals surface area contributed by atoms with Crippen molar-refractivity contribution in [3.8, 4) is 39.4 Å². The molecule has 0 N–H and O–H groups in total. The molecule has 14 rings (SSSR count). The minimum atomic E-state index is 0. The predicted molar refractivity (Wildman–Crippen MR) is 318 cm³/mol. The quantitative estimate of drug-likeness (QED) is 0.0865. The van der Waals surface area contributed by atoms with Gasteiger partial charge in [-0.3, -0.25) is 14.6 Å². The third-order valence-electron chi connectivity index (χ3n) is 13.4. The van der Waals surface area contributed by atoms with E-state index in [1.54, 1.807) is 0 Å². The van der Waals surface area contributed by atoms with Crippen molar-refractivity contribution in [2.75, 3.05) is 11.0 Å². The Labute approximate surface area is 460 Å². The Kier molecular flexibility index (Phi) is 14.7. The van der Waals surface area contributed by atoms with Gasteiger partial charge in [0.1, 0.15) is 5.82 Å². The molecule has 4 heterocycles. The fourth-order valence-corrected chi connectivity index (χ4v) is 10.1. The van der Waals surface area contributed by atoms with Gasteiger partial charge < -0.3 is 9.13 Å². The molecular formula is C67H48BN6PPt. The summed E-state index contributed by atoms with van der Waals surface area (Å²) in [6, 6.07) is 100.0. The van der Waals surface area contributed by atoms with E-state index in [-0.39, 0.29) is 21.1 Å². The van der Waals surface area contributed by atoms with Crippen LogP contribution in [0, 0.1) is 12.1 Å². The first-order chi connectivity index (χ1) is 37.2. The van der Waals surface area contributed by atoms with Gasteiger partial charge in [-0.2, -0.15) is 29.4 Å². The Morgan fingerprint density at radius 2 is 0.855 bits per heavy atom. The molecule has 2 radical (unpaired) electrons. The zero-order chi connectivity index (χ0) is 50.5. The fraction of sp³-hybridized carbons (Fsp3) is 0.0149. The summed E-state index contributed by atoms with van der Waals surface area (Å²) in [5.41, 5.74) is 14.4. The van der Waals surface area contributed by atoms with Crippen LogP contribution in [0.15, 0.2) is 267 Å². The maximum absolute atomic E-state index is 5.08. The molecule has 0 aliphatic heterocycles. The number of benzene rings is 10. The predicted octanol–water partition coefficient (Wildman–Crippen LogP) is 16.7. The maximum atomic E-state index is 5.08. The van der Waals surface area contributed by atoms with Crippen LogP contribution in [0.1, 0.15) is 0 Å². The zero-order valence-electron chi connectivity index (χ0n) is 41.3. The van der Waals surface area contributed by atoms with Gasteiger partial charge in [-0.25, -0.2) is 0 Å². The number of aromatic nitrogens is 5. The van der Waals surface area contributed by atoms with Crippen molar-refractivity contribution in [1.29, 1.82) is 0 Å². The molecule has 0 spiro atoms. The van der Waals surface area contributed by atoms with Crippen LogP contribution in [-0.4, -0.2) is 37.8 Å². The molecule has 10 aromatic carbocycles. The number of para-hydroxylation sites is 7. The minimum Gasteiger partial charge on any atom is -0.309 e. The second kappa shape index (κ2) is 22.5. The number of anilines is 3. The molecular weight excluding hydrogens is 1130 g/mol. The van der Waals surface area contributed by atoms with Gasteiger partial charge in [0.15, 0.2) is 5.82 Å². The van der Waals surface area contributed by atoms with Gasteiger partial charge in [-0.05, 0) is 101 Å². The first kappa shape index (κ1) is 49.6. The minimum absolute atomic E-state index is 0. The third kappa shape index (κ3) is 9.57. The molecule has 0 aliphatic rings. The number of hydrogen-bond donors (Lipinski definition) is 0. The normalized spacial score (nSPS) is 11.0. The molecule has 6 nitrogen and oxygen atoms in total. The van der Waals surface area contributed by atoms with Crippen molar-refractivity contribution in [2.45, 2.75) is 0 Å². The van der Waals surface area contributed by atoms with E-state index in [1.807, 2.05) is 102 Å². The number of fused-ring (bicyclic) bond motifs is 7. The molecule has 364 valence electrons. The van der Waals surface area contributed by atoms with E-state index in [1.165, 1.54) is 66.1 Å². The molecule has 0 bridgehead atoms. The molecule has 0 fully saturated rings. The van der Waals surface area contributed by atoms with Crippen LogP contribution < -0.4 is 4.90 Å². The Morgan fingerprint density at radius 1 is 0.421 bits per heavy atom. The van der Waals surface area contributed by atoms with Crippen LogP contribution in [0.5, 0.6) is 0 Å². The Hall–Kier alpha value is -8.60. The van der Waals surface area contributed by atoms with Gasteiger partial charge in [-0.1, -0.05) is 146 Å². The first-order valence-electron chi connectivity index (χ1n) is 25.0. The summed E-state index contributed by atoms with van der Waals surface area (Å²) in [7, 11) is 7.17. The molecule has 0 amide bonds. The summed E-state index contributed by atoms with van der Waals surface area (Å²) >= 11 is 0. The van der Waals surface area contributed by atoms with E-state index in [2.05, 4.69) is 205 Å². The van der Waals surface area contributed by atoms with Crippen molar-refractivity contribution in [3.63, 3.8) is 0 Å². The topological polar surface area (TPSA) is 43.8 Å². The van der Waals surface area contributed by atoms with E-state index in [4.69, 9.17) is 17.9 Å². The number of nitrogens with zero attached hydrogens (tertiary/aromatic N) is 6. The Bertz CT molecular complexity index is 3970. The summed E-state index contributed by atoms with van der Waals surface area (Å²) in [6.45, 7) is 0. The Morgan fingerprint density at radius 3 is 1.33 bits per heavy atom. The smallest absolute Gasteiger partial charge is 0.309 e. The zero-order valence-corrected chi connectivity index (χ0v) is 44.7. The molecule has 4 aromatic heterocycles. The summed E-state index contributed by atoms with van der Waals surface area (Å²) < 4.78 is 6.66. The van der Waals surface area contributed by atoms with Crippen molar-refractivity contribution in [3.05, 3.63) is 279 Å². The fourth-order valence-electron chi connectivity index (χ4n) is 10.1. The van der Waals surface area contributed by atoms with Crippen molar-refractivity contribution in [1.82, 2.24) is 23.9 Å². The van der Waals surface area contributed by atoms with Crippen LogP contribution in [0.25, 0.3) is 94.0 Å². The molecule has 9 heteroatoms. The third-order valence-corrected chi connectivity index (χ3v) is 13.4. The molecule has 0 saturated carbocycles. The van der Waals surface area contributed by atoms with Crippen LogP contribution in [-0.2, 0) is 21.1 Å². The second-order valence-electron chi connectivity index (χ2n) is 17.9. The number of rotatable bonds is 8. The summed E-state index contributed by atoms with van der Waals surface area (Å²) in [6.07, 6.45) is 0. The van der Waals surface area contributed by atoms with E-state index in [0.29, 0.717) is 6.06 Å². The second-order valence-corrected chi connectivity index (χ2v) is 18.4. The summed E-state index contributed by atoms with van der Waals surface area (Å²) in [5.74, 6) is 1.59. The van der Waals surface area contributed by atoms with Gasteiger partial charge in [0.2, 0.25) is 0 Å². The van der Waals surface area contributed by atoms with Crippen LogP contribution >= 0.6 is 9.24 Å². The number of hydrogen-bond acceptors (Lipinski definition) is 3. The van der Waals surface area contributed by atoms with Crippen molar-refractivity contribution < 1.29 is 21.1 Å². The van der Waals surface area contributed by atoms with E-state index < -0.39 is 0 Å². The average Bonchev–Trinajstić information content (AvgIpc) is 4.21. The van der Waals surface area contributed by atoms with E-state index >= 15 is 0 Å². The molecule has 0 saturated heterocycles. The largest absolute Gasteiger partial charge is 2.00 e. The molecule has 0 aliphatic carbocycles. The van der Waals surface area contributed by atoms with Crippen LogP contribution in [0.4, 0.5) is 17.3 Å². The number of pyridine rings is 1. The van der Waals surface area contributed by atoms with Gasteiger partial charge >= 0.3 is 21.1 Å². The van der Waals surface area contributed by atoms with Crippen LogP contribution in [0.3, 0.4) is 0 Å². The van der Waals surface area contributed by atoms with Crippen molar-refractivity contribution in [2.24, 2.45) is 0 Å². The SMILES string of the molecule is [B]CP.[Pt+2].[c-]1ccccc1-c1cccc(N(c2ccccc2)c2nn(-c3[c-]cccc3)c3ccccc23)n1.c1ccc2c(c1)c1ccccc1n2-c1ccc(-c2ccc(-n3c4ccccc4c4ccccc43)cc2)cc1. The average molecular weight is 1170 g/mol. The molecule has 1 atom stereocenters. The summed E-state index contributed by atoms with van der Waals surface area (Å²) in [5, 5.41) is 11.2. The van der Waals surface area contributed by atoms with E-state index in [9.17, 15) is 0 Å². The van der Waals surface area contributed by atoms with Gasteiger partial charge in [0.25, 0.3) is 0 Å². The van der Waals surface area contributed by atoms with Crippen molar-refractivity contribution >= 4 is 88.9 Å². The molecule has 1 unspecified atom stereocenters. The van der Waals surface area contributed by atoms with Gasteiger partial charge in [0.05, 0.1) is 35.4 Å². The standard InChI is InChI=1S/C36H24N2.C30H20N4.CH4BP.Pt/c1-5-13-33-29(9-1)30-10-2-6-14-34(30)37(33)27-21-17-25(18-22-27)26-19-23-28(24-20-26)38-35-15-7-3-11-31(35)32-12-4-8-16-36(32)38;1-4-13-23(14-5-1)27-20-12-22-29(31-27)33(24-15-6-2-7-16-24)30-26-19-10-11-21-28(26)34(32-30)25-17-8-3-9-18-25;2-1-3;/h1-24H;1-13,15-17,19-22H;1,3H2;/q;-2;;+2. The summed E-state index contributed by atoms with van der Waals surface area (Å²) in [4.78, 5) is 7.13. The monoisotopic (exact) mass is 1170 g/mol. The first-order valence-corrected chi connectivity index (χ1v) is 25.8.